The van der Waals surface area contributed by atoms with Gasteiger partial charge in [0.1, 0.15) is 5.69 Å². The van der Waals surface area contributed by atoms with E-state index >= 15 is 0 Å². The number of nitrogens with one attached hydrogen (secondary N) is 1. The van der Waals surface area contributed by atoms with Crippen molar-refractivity contribution in [1.82, 2.24) is 19.7 Å². The normalized spacial score (nSPS) is 15.3. The second-order valence-corrected chi connectivity index (χ2v) is 5.03. The summed E-state index contributed by atoms with van der Waals surface area (Å²) >= 11 is 8.72. The lowest BCUT2D eigenvalue weighted by Gasteiger charge is -2.05. The molecule has 2 aromatic heterocycles. The number of aromatic nitrogens is 4. The number of hydrogen-bond acceptors (Lipinski definition) is 3. The topological polar surface area (TPSA) is 46.5 Å². The highest BCUT2D eigenvalue weighted by Gasteiger charge is 2.28. The maximum absolute atomic E-state index is 5.23. The van der Waals surface area contributed by atoms with Gasteiger partial charge < -0.3 is 0 Å². The average Bonchev–Trinajstić information content (AvgIpc) is 3.04. The maximum Gasteiger partial charge on any atom is 0.195 e. The van der Waals surface area contributed by atoms with Crippen LogP contribution in [0.1, 0.15) is 18.9 Å². The molecule has 0 saturated heterocycles. The molecule has 3 rings (SSSR count). The van der Waals surface area contributed by atoms with Crippen LogP contribution in [0.5, 0.6) is 0 Å². The number of halogens is 1. The van der Waals surface area contributed by atoms with Gasteiger partial charge >= 0.3 is 0 Å². The first kappa shape index (κ1) is 10.2. The molecule has 1 saturated carbocycles. The number of rotatable bonds is 2. The molecule has 16 heavy (non-hydrogen) atoms. The zero-order valence-electron chi connectivity index (χ0n) is 8.35. The van der Waals surface area contributed by atoms with Crippen molar-refractivity contribution < 1.29 is 0 Å². The van der Waals surface area contributed by atoms with Gasteiger partial charge in [0.2, 0.25) is 0 Å². The predicted octanol–water partition coefficient (Wildman–Crippen LogP) is 3.10. The highest BCUT2D eigenvalue weighted by molar-refractivity contribution is 9.10. The van der Waals surface area contributed by atoms with Crippen LogP contribution in [0.3, 0.4) is 0 Å². The van der Waals surface area contributed by atoms with Crippen LogP contribution in [0.25, 0.3) is 11.5 Å². The van der Waals surface area contributed by atoms with E-state index in [4.69, 9.17) is 12.2 Å². The largest absolute Gasteiger partial charge is 0.296 e. The van der Waals surface area contributed by atoms with Crippen LogP contribution < -0.4 is 0 Å². The van der Waals surface area contributed by atoms with E-state index in [-0.39, 0.29) is 0 Å². The van der Waals surface area contributed by atoms with E-state index in [0.29, 0.717) is 10.8 Å². The number of H-pyrrole nitrogens is 1. The smallest absolute Gasteiger partial charge is 0.195 e. The van der Waals surface area contributed by atoms with Gasteiger partial charge in [-0.15, -0.1) is 0 Å². The van der Waals surface area contributed by atoms with Crippen LogP contribution in [-0.4, -0.2) is 19.7 Å². The van der Waals surface area contributed by atoms with Crippen molar-refractivity contribution in [2.45, 2.75) is 18.9 Å². The summed E-state index contributed by atoms with van der Waals surface area (Å²) in [7, 11) is 0. The fourth-order valence-corrected chi connectivity index (χ4v) is 2.41. The van der Waals surface area contributed by atoms with Gasteiger partial charge in [-0.25, -0.2) is 0 Å². The van der Waals surface area contributed by atoms with Crippen molar-refractivity contribution in [2.24, 2.45) is 0 Å². The van der Waals surface area contributed by atoms with Gasteiger partial charge in [-0.05, 0) is 53.1 Å². The molecule has 2 heterocycles. The van der Waals surface area contributed by atoms with Gasteiger partial charge in [0.25, 0.3) is 0 Å². The standard InChI is InChI=1S/C10H9BrN4S/c11-7-2-1-5-12-8(7)9-13-14-10(16)15(9)6-3-4-6/h1-2,5-6H,3-4H2,(H,14,16). The molecule has 0 aliphatic heterocycles. The monoisotopic (exact) mass is 296 g/mol. The van der Waals surface area contributed by atoms with Crippen LogP contribution in [0.4, 0.5) is 0 Å². The zero-order valence-corrected chi connectivity index (χ0v) is 10.8. The van der Waals surface area contributed by atoms with Crippen molar-refractivity contribution in [3.63, 3.8) is 0 Å². The molecule has 1 aliphatic carbocycles. The minimum absolute atomic E-state index is 0.496. The van der Waals surface area contributed by atoms with E-state index < -0.39 is 0 Å². The summed E-state index contributed by atoms with van der Waals surface area (Å²) in [4.78, 5) is 4.34. The van der Waals surface area contributed by atoms with E-state index in [9.17, 15) is 0 Å². The lowest BCUT2D eigenvalue weighted by molar-refractivity contribution is 0.732. The van der Waals surface area contributed by atoms with Crippen molar-refractivity contribution in [1.29, 1.82) is 0 Å². The molecule has 0 bridgehead atoms. The summed E-state index contributed by atoms with van der Waals surface area (Å²) in [5.74, 6) is 0.819. The highest BCUT2D eigenvalue weighted by Crippen LogP contribution is 2.38. The van der Waals surface area contributed by atoms with Gasteiger partial charge in [-0.1, -0.05) is 0 Å². The minimum atomic E-state index is 0.496. The summed E-state index contributed by atoms with van der Waals surface area (Å²) in [6, 6.07) is 4.34. The molecule has 6 heteroatoms. The van der Waals surface area contributed by atoms with Gasteiger partial charge in [0.15, 0.2) is 10.6 Å². The Hall–Kier alpha value is -1.01. The molecule has 1 fully saturated rings. The number of pyridine rings is 1. The van der Waals surface area contributed by atoms with Crippen molar-refractivity contribution in [3.8, 4) is 11.5 Å². The van der Waals surface area contributed by atoms with E-state index in [2.05, 4.69) is 35.7 Å². The van der Waals surface area contributed by atoms with Gasteiger partial charge in [0, 0.05) is 16.7 Å². The average molecular weight is 297 g/mol. The molecule has 4 nitrogen and oxygen atoms in total. The molecule has 0 spiro atoms. The summed E-state index contributed by atoms with van der Waals surface area (Å²) in [5, 5.41) is 7.10. The van der Waals surface area contributed by atoms with E-state index in [1.54, 1.807) is 6.20 Å². The van der Waals surface area contributed by atoms with Crippen LogP contribution in [-0.2, 0) is 0 Å². The molecule has 0 amide bonds. The third kappa shape index (κ3) is 1.62. The Kier molecular flexibility index (Phi) is 2.40. The quantitative estimate of drug-likeness (QED) is 0.866. The fraction of sp³-hybridized carbons (Fsp3) is 0.300. The molecular formula is C10H9BrN4S. The van der Waals surface area contributed by atoms with E-state index in [1.807, 2.05) is 12.1 Å². The maximum atomic E-state index is 5.23. The van der Waals surface area contributed by atoms with E-state index in [1.165, 1.54) is 12.8 Å². The Morgan fingerprint density at radius 3 is 3.00 bits per heavy atom. The van der Waals surface area contributed by atoms with Crippen LogP contribution >= 0.6 is 28.1 Å². The van der Waals surface area contributed by atoms with Gasteiger partial charge in [0.05, 0.1) is 0 Å². The molecule has 0 atom stereocenters. The highest BCUT2D eigenvalue weighted by atomic mass is 79.9. The Morgan fingerprint density at radius 1 is 1.50 bits per heavy atom. The Balaban J connectivity index is 2.20. The van der Waals surface area contributed by atoms with Gasteiger partial charge in [-0.3, -0.25) is 14.6 Å². The van der Waals surface area contributed by atoms with Crippen LogP contribution in [0, 0.1) is 4.77 Å². The number of nitrogens with zero attached hydrogens (tertiary/aromatic N) is 3. The first-order valence-corrected chi connectivity index (χ1v) is 6.25. The third-order valence-electron chi connectivity index (χ3n) is 2.59. The number of aromatic amines is 1. The zero-order chi connectivity index (χ0) is 11.1. The summed E-state index contributed by atoms with van der Waals surface area (Å²) in [6.07, 6.45) is 4.10. The molecule has 82 valence electrons. The lowest BCUT2D eigenvalue weighted by Crippen LogP contribution is -1.99. The third-order valence-corrected chi connectivity index (χ3v) is 3.51. The molecule has 2 aromatic rings. The predicted molar refractivity (Wildman–Crippen MR) is 66.6 cm³/mol. The molecule has 1 N–H and O–H groups in total. The summed E-state index contributed by atoms with van der Waals surface area (Å²) in [5.41, 5.74) is 0.835. The Bertz CT molecular complexity index is 585. The van der Waals surface area contributed by atoms with E-state index in [0.717, 1.165) is 16.0 Å². The van der Waals surface area contributed by atoms with Crippen LogP contribution in [0.2, 0.25) is 0 Å². The first-order valence-electron chi connectivity index (χ1n) is 5.05. The SMILES string of the molecule is S=c1[nH]nc(-c2ncccc2Br)n1C1CC1. The van der Waals surface area contributed by atoms with Crippen molar-refractivity contribution in [3.05, 3.63) is 27.6 Å². The fourth-order valence-electron chi connectivity index (χ4n) is 1.69. The Labute approximate surface area is 106 Å². The summed E-state index contributed by atoms with van der Waals surface area (Å²) in [6.45, 7) is 0. The molecule has 0 radical (unpaired) electrons. The van der Waals surface area contributed by atoms with Gasteiger partial charge in [-0.2, -0.15) is 5.10 Å². The number of hydrogen-bond donors (Lipinski definition) is 1. The second-order valence-electron chi connectivity index (χ2n) is 3.79. The van der Waals surface area contributed by atoms with Crippen LogP contribution in [0.15, 0.2) is 22.8 Å². The molecular weight excluding hydrogens is 288 g/mol. The van der Waals surface area contributed by atoms with Crippen molar-refractivity contribution in [2.75, 3.05) is 0 Å². The lowest BCUT2D eigenvalue weighted by atomic mass is 10.3. The molecule has 0 unspecified atom stereocenters. The Morgan fingerprint density at radius 2 is 2.31 bits per heavy atom. The van der Waals surface area contributed by atoms with Crippen molar-refractivity contribution >= 4 is 28.1 Å². The minimum Gasteiger partial charge on any atom is -0.296 e. The second kappa shape index (κ2) is 3.78. The summed E-state index contributed by atoms with van der Waals surface area (Å²) < 4.78 is 3.67. The molecule has 0 aromatic carbocycles. The molecule has 1 aliphatic rings. The first-order chi connectivity index (χ1) is 7.77.